The summed E-state index contributed by atoms with van der Waals surface area (Å²) in [6, 6.07) is 24.8. The van der Waals surface area contributed by atoms with E-state index in [2.05, 4.69) is 72.8 Å². The zero-order valence-electron chi connectivity index (χ0n) is 39.2. The maximum atomic E-state index is 12.4. The largest absolute Gasteiger partial charge is 0.508 e. The molecule has 1 amide bonds. The lowest BCUT2D eigenvalue weighted by molar-refractivity contribution is -0.126. The quantitative estimate of drug-likeness (QED) is 0.0842. The molecular weight excluding hydrogens is 876 g/mol. The van der Waals surface area contributed by atoms with Gasteiger partial charge in [-0.3, -0.25) is 19.1 Å². The van der Waals surface area contributed by atoms with Crippen LogP contribution in [0, 0.1) is 12.3 Å². The number of aromatic hydroxyl groups is 1. The third-order valence-corrected chi connectivity index (χ3v) is 14.7. The second-order valence-electron chi connectivity index (χ2n) is 19.3. The molecule has 0 bridgehead atoms. The van der Waals surface area contributed by atoms with E-state index in [1.54, 1.807) is 10.6 Å². The second kappa shape index (κ2) is 19.0. The van der Waals surface area contributed by atoms with Gasteiger partial charge in [0.25, 0.3) is 0 Å². The van der Waals surface area contributed by atoms with Gasteiger partial charge in [0.15, 0.2) is 12.1 Å². The topological polar surface area (TPSA) is 136 Å². The monoisotopic (exact) mass is 934 g/mol. The van der Waals surface area contributed by atoms with Gasteiger partial charge in [0, 0.05) is 105 Å². The number of aryl methyl sites for hydroxylation is 1. The Kier molecular flexibility index (Phi) is 12.7. The first-order valence-corrected chi connectivity index (χ1v) is 24.3. The average molecular weight is 936 g/mol. The van der Waals surface area contributed by atoms with Crippen LogP contribution in [0.3, 0.4) is 0 Å². The van der Waals surface area contributed by atoms with Gasteiger partial charge in [-0.25, -0.2) is 0 Å². The first kappa shape index (κ1) is 45.4. The molecule has 6 aromatic rings. The highest BCUT2D eigenvalue weighted by molar-refractivity contribution is 6.36. The summed E-state index contributed by atoms with van der Waals surface area (Å²) in [5.41, 5.74) is 7.79. The summed E-state index contributed by atoms with van der Waals surface area (Å²) in [6.45, 7) is 19.9. The van der Waals surface area contributed by atoms with Crippen molar-refractivity contribution in [2.75, 3.05) is 81.9 Å². The summed E-state index contributed by atoms with van der Waals surface area (Å²) in [6.07, 6.45) is 5.13. The Bertz CT molecular complexity index is 2860. The molecule has 4 aliphatic rings. The van der Waals surface area contributed by atoms with Crippen molar-refractivity contribution in [2.24, 2.45) is 5.41 Å². The number of carbonyl (C=O) groups excluding carboxylic acids is 2. The minimum atomic E-state index is -0.0395. The van der Waals surface area contributed by atoms with Gasteiger partial charge < -0.3 is 29.4 Å². The number of piperazine rings is 2. The molecule has 2 aromatic heterocycles. The van der Waals surface area contributed by atoms with E-state index in [9.17, 15) is 14.7 Å². The first-order valence-electron chi connectivity index (χ1n) is 23.9. The number of aromatic nitrogens is 5. The van der Waals surface area contributed by atoms with E-state index in [1.165, 1.54) is 11.6 Å². The second-order valence-corrected chi connectivity index (χ2v) is 19.7. The van der Waals surface area contributed by atoms with Crippen LogP contribution in [0.2, 0.25) is 5.02 Å². The number of benzene rings is 4. The Hall–Kier alpha value is -6.35. The normalized spacial score (nSPS) is 17.4. The SMILES string of the molecule is C=CC(=O)N1CCN(c2nc(OCC3(CN4CCN(Cc5ccc(-n6c(C=O)nnc6-c6cc(C(C)C)c(O)cc6C)cc5)CC4)CC3)nc3c2CCN(c2cccc4cccc(Cl)c24)C3)CC1. The number of phenolic OH excluding ortho intramolecular Hbond substituents is 1. The van der Waals surface area contributed by atoms with Crippen molar-refractivity contribution in [1.29, 1.82) is 0 Å². The van der Waals surface area contributed by atoms with Gasteiger partial charge in [-0.05, 0) is 96.7 Å². The van der Waals surface area contributed by atoms with E-state index < -0.39 is 0 Å². The predicted octanol–water partition coefficient (Wildman–Crippen LogP) is 7.85. The minimum absolute atomic E-state index is 0.0395. The Morgan fingerprint density at radius 2 is 1.63 bits per heavy atom. The van der Waals surface area contributed by atoms with E-state index in [0.717, 1.165) is 132 Å². The number of phenols is 1. The van der Waals surface area contributed by atoms with Crippen LogP contribution in [0.5, 0.6) is 11.8 Å². The molecule has 352 valence electrons. The van der Waals surface area contributed by atoms with Crippen LogP contribution in [-0.2, 0) is 24.3 Å². The van der Waals surface area contributed by atoms with Crippen LogP contribution in [0.4, 0.5) is 11.5 Å². The fourth-order valence-corrected chi connectivity index (χ4v) is 10.6. The van der Waals surface area contributed by atoms with Crippen LogP contribution in [0.1, 0.15) is 71.2 Å². The van der Waals surface area contributed by atoms with E-state index in [0.29, 0.717) is 51.2 Å². The Labute approximate surface area is 402 Å². The van der Waals surface area contributed by atoms with Crippen LogP contribution >= 0.6 is 11.6 Å². The molecule has 3 fully saturated rings. The number of hydrogen-bond donors (Lipinski definition) is 1. The lowest BCUT2D eigenvalue weighted by Crippen LogP contribution is -2.49. The highest BCUT2D eigenvalue weighted by atomic mass is 35.5. The maximum absolute atomic E-state index is 12.4. The minimum Gasteiger partial charge on any atom is -0.508 e. The van der Waals surface area contributed by atoms with Crippen LogP contribution in [-0.4, -0.2) is 129 Å². The smallest absolute Gasteiger partial charge is 0.318 e. The molecule has 10 rings (SSSR count). The first-order chi connectivity index (χ1) is 33.0. The molecule has 2 saturated heterocycles. The van der Waals surface area contributed by atoms with Gasteiger partial charge in [0.1, 0.15) is 11.6 Å². The average Bonchev–Trinajstić information content (AvgIpc) is 3.99. The lowest BCUT2D eigenvalue weighted by atomic mass is 9.96. The molecular formula is C53H59ClN10O4. The number of anilines is 2. The van der Waals surface area contributed by atoms with Crippen molar-refractivity contribution >= 4 is 46.1 Å². The molecule has 1 saturated carbocycles. The standard InChI is InChI=1S/C53H59ClN10O4/c1-5-48(67)61-24-26-62(27-25-61)50-40-16-19-63(45-11-7-9-38-8-6-10-43(54)49(38)45)31-44(40)55-52(56-50)68-34-53(17-18-53)33-60-22-20-59(21-23-60)30-37-12-14-39(15-13-37)64-47(32-65)57-58-51(64)42-29-41(35(2)3)46(66)28-36(42)4/h5-15,28-29,32,35,66H,1,16-27,30-31,33-34H2,2-4H3. The molecule has 68 heavy (non-hydrogen) atoms. The maximum Gasteiger partial charge on any atom is 0.318 e. The number of hydrogen-bond acceptors (Lipinski definition) is 12. The number of halogens is 1. The fraction of sp³-hybridized carbons (Fsp3) is 0.396. The van der Waals surface area contributed by atoms with Crippen molar-refractivity contribution in [3.63, 3.8) is 0 Å². The lowest BCUT2D eigenvalue weighted by Gasteiger charge is -2.38. The number of nitrogens with zero attached hydrogens (tertiary/aromatic N) is 10. The van der Waals surface area contributed by atoms with Gasteiger partial charge >= 0.3 is 6.01 Å². The van der Waals surface area contributed by atoms with E-state index in [4.69, 9.17) is 26.3 Å². The number of rotatable bonds is 14. The summed E-state index contributed by atoms with van der Waals surface area (Å²) in [5.74, 6) is 2.04. The number of carbonyl (C=O) groups is 2. The summed E-state index contributed by atoms with van der Waals surface area (Å²) in [7, 11) is 0. The molecule has 0 radical (unpaired) electrons. The third kappa shape index (κ3) is 9.16. The highest BCUT2D eigenvalue weighted by Crippen LogP contribution is 2.47. The molecule has 0 atom stereocenters. The molecule has 15 heteroatoms. The van der Waals surface area contributed by atoms with Gasteiger partial charge in [0.2, 0.25) is 11.7 Å². The summed E-state index contributed by atoms with van der Waals surface area (Å²) < 4.78 is 8.44. The fourth-order valence-electron chi connectivity index (χ4n) is 10.3. The summed E-state index contributed by atoms with van der Waals surface area (Å²) in [5, 5.41) is 22.1. The van der Waals surface area contributed by atoms with E-state index >= 15 is 0 Å². The molecule has 5 heterocycles. The van der Waals surface area contributed by atoms with Gasteiger partial charge in [0.05, 0.1) is 23.9 Å². The van der Waals surface area contributed by atoms with Crippen molar-refractivity contribution in [3.05, 3.63) is 124 Å². The van der Waals surface area contributed by atoms with Crippen LogP contribution < -0.4 is 14.5 Å². The molecule has 1 aliphatic carbocycles. The molecule has 0 spiro atoms. The Balaban J connectivity index is 0.788. The van der Waals surface area contributed by atoms with Crippen molar-refractivity contribution in [1.82, 2.24) is 39.4 Å². The predicted molar refractivity (Wildman–Crippen MR) is 266 cm³/mol. The molecule has 4 aromatic carbocycles. The van der Waals surface area contributed by atoms with Crippen LogP contribution in [0.15, 0.2) is 85.5 Å². The summed E-state index contributed by atoms with van der Waals surface area (Å²) in [4.78, 5) is 46.4. The zero-order valence-corrected chi connectivity index (χ0v) is 40.0. The number of amides is 1. The zero-order chi connectivity index (χ0) is 47.1. The van der Waals surface area contributed by atoms with Crippen molar-refractivity contribution in [3.8, 4) is 28.8 Å². The van der Waals surface area contributed by atoms with Gasteiger partial charge in [-0.2, -0.15) is 9.97 Å². The molecule has 1 N–H and O–H groups in total. The molecule has 14 nitrogen and oxygen atoms in total. The van der Waals surface area contributed by atoms with E-state index in [1.807, 2.05) is 56.0 Å². The number of ether oxygens (including phenoxy) is 1. The highest BCUT2D eigenvalue weighted by Gasteiger charge is 2.45. The van der Waals surface area contributed by atoms with Gasteiger partial charge in [-0.1, -0.05) is 68.4 Å². The number of fused-ring (bicyclic) bond motifs is 2. The number of aldehydes is 1. The third-order valence-electron chi connectivity index (χ3n) is 14.4. The van der Waals surface area contributed by atoms with Gasteiger partial charge in [-0.15, -0.1) is 10.2 Å². The van der Waals surface area contributed by atoms with Crippen molar-refractivity contribution in [2.45, 2.75) is 59.0 Å². The van der Waals surface area contributed by atoms with Crippen molar-refractivity contribution < 1.29 is 19.4 Å². The summed E-state index contributed by atoms with van der Waals surface area (Å²) >= 11 is 6.80. The van der Waals surface area contributed by atoms with Crippen LogP contribution in [0.25, 0.3) is 27.8 Å². The van der Waals surface area contributed by atoms with E-state index in [-0.39, 0.29) is 28.8 Å². The molecule has 3 aliphatic heterocycles. The Morgan fingerprint density at radius 1 is 0.897 bits per heavy atom. The molecule has 0 unspecified atom stereocenters. The Morgan fingerprint density at radius 3 is 2.34 bits per heavy atom.